The molecule has 2 rings (SSSR count). The summed E-state index contributed by atoms with van der Waals surface area (Å²) in [6.45, 7) is 1.78. The number of hydroxylamine groups is 2. The van der Waals surface area contributed by atoms with Crippen molar-refractivity contribution in [2.75, 3.05) is 7.05 Å². The van der Waals surface area contributed by atoms with Crippen molar-refractivity contribution in [2.24, 2.45) is 15.9 Å². The Labute approximate surface area is 127 Å². The van der Waals surface area contributed by atoms with Crippen LogP contribution in [0.25, 0.3) is 0 Å². The van der Waals surface area contributed by atoms with Gasteiger partial charge in [0.25, 0.3) is 12.3 Å². The molecule has 0 spiro atoms. The molecule has 9 heteroatoms. The average molecular weight is 307 g/mol. The highest BCUT2D eigenvalue weighted by Gasteiger charge is 2.45. The summed E-state index contributed by atoms with van der Waals surface area (Å²) in [7, 11) is 1.52. The molecule has 1 fully saturated rings. The molecule has 2 amide bonds. The average Bonchev–Trinajstić information content (AvgIpc) is 2.91. The van der Waals surface area contributed by atoms with E-state index in [0.29, 0.717) is 17.3 Å². The molecule has 118 valence electrons. The molecule has 0 bridgehead atoms. The predicted octanol–water partition coefficient (Wildman–Crippen LogP) is -0.381. The van der Waals surface area contributed by atoms with Crippen LogP contribution in [-0.4, -0.2) is 53.6 Å². The van der Waals surface area contributed by atoms with Crippen molar-refractivity contribution in [2.45, 2.75) is 25.9 Å². The van der Waals surface area contributed by atoms with E-state index in [2.05, 4.69) is 15.4 Å². The molecular formula is C13H17N5O4. The van der Waals surface area contributed by atoms with Gasteiger partial charge in [-0.1, -0.05) is 6.92 Å². The van der Waals surface area contributed by atoms with Gasteiger partial charge in [0.15, 0.2) is 12.1 Å². The highest BCUT2D eigenvalue weighted by Crippen LogP contribution is 2.23. The van der Waals surface area contributed by atoms with Crippen molar-refractivity contribution >= 4 is 30.3 Å². The molecule has 2 heterocycles. The molecule has 0 aromatic carbocycles. The zero-order valence-corrected chi connectivity index (χ0v) is 12.3. The summed E-state index contributed by atoms with van der Waals surface area (Å²) in [6, 6.07) is 0. The first-order valence-electron chi connectivity index (χ1n) is 6.83. The summed E-state index contributed by atoms with van der Waals surface area (Å²) in [5, 5.41) is 2.03. The van der Waals surface area contributed by atoms with Crippen LogP contribution in [-0.2, 0) is 19.2 Å². The Hall–Kier alpha value is -2.71. The van der Waals surface area contributed by atoms with Gasteiger partial charge in [0.05, 0.1) is 0 Å². The predicted molar refractivity (Wildman–Crippen MR) is 77.2 cm³/mol. The van der Waals surface area contributed by atoms with Crippen LogP contribution in [0.3, 0.4) is 0 Å². The number of hydrogen-bond acceptors (Lipinski definition) is 7. The van der Waals surface area contributed by atoms with E-state index in [9.17, 15) is 14.4 Å². The minimum absolute atomic E-state index is 0.111. The van der Waals surface area contributed by atoms with E-state index >= 15 is 0 Å². The molecule has 1 N–H and O–H groups in total. The second kappa shape index (κ2) is 6.83. The van der Waals surface area contributed by atoms with Gasteiger partial charge in [-0.25, -0.2) is 4.79 Å². The van der Waals surface area contributed by atoms with Crippen molar-refractivity contribution in [1.82, 2.24) is 15.5 Å². The smallest absolute Gasteiger partial charge is 0.330 e. The summed E-state index contributed by atoms with van der Waals surface area (Å²) < 4.78 is 0. The molecule has 2 aliphatic rings. The lowest BCUT2D eigenvalue weighted by Crippen LogP contribution is -2.40. The molecule has 0 aliphatic carbocycles. The minimum Gasteiger partial charge on any atom is -0.330 e. The van der Waals surface area contributed by atoms with Gasteiger partial charge in [-0.3, -0.25) is 30.0 Å². The first kappa shape index (κ1) is 15.7. The lowest BCUT2D eigenvalue weighted by molar-refractivity contribution is -0.198. The van der Waals surface area contributed by atoms with Crippen LogP contribution in [0.15, 0.2) is 22.3 Å². The van der Waals surface area contributed by atoms with Crippen LogP contribution in [0.2, 0.25) is 0 Å². The number of amides is 2. The van der Waals surface area contributed by atoms with E-state index < -0.39 is 24.0 Å². The number of carbonyl (C=O) groups is 3. The van der Waals surface area contributed by atoms with E-state index in [1.165, 1.54) is 7.05 Å². The third-order valence-corrected chi connectivity index (χ3v) is 3.18. The first-order valence-corrected chi connectivity index (χ1v) is 6.83. The van der Waals surface area contributed by atoms with Gasteiger partial charge in [-0.05, 0) is 12.5 Å². The second-order valence-electron chi connectivity index (χ2n) is 4.64. The van der Waals surface area contributed by atoms with E-state index in [1.54, 1.807) is 30.4 Å². The number of hydrazine groups is 1. The molecule has 9 nitrogen and oxygen atoms in total. The summed E-state index contributed by atoms with van der Waals surface area (Å²) >= 11 is 0. The molecule has 22 heavy (non-hydrogen) atoms. The summed E-state index contributed by atoms with van der Waals surface area (Å²) in [6.07, 6.45) is 5.23. The topological polar surface area (TPSA) is 104 Å². The van der Waals surface area contributed by atoms with Crippen molar-refractivity contribution in [3.63, 3.8) is 0 Å². The van der Waals surface area contributed by atoms with Crippen molar-refractivity contribution in [3.05, 3.63) is 12.3 Å². The quantitative estimate of drug-likeness (QED) is 0.561. The van der Waals surface area contributed by atoms with Gasteiger partial charge in [0.2, 0.25) is 0 Å². The van der Waals surface area contributed by atoms with Crippen LogP contribution < -0.4 is 5.43 Å². The van der Waals surface area contributed by atoms with Crippen LogP contribution >= 0.6 is 0 Å². The number of hydrogen-bond donors (Lipinski definition) is 1. The van der Waals surface area contributed by atoms with E-state index in [0.717, 1.165) is 0 Å². The molecule has 0 aromatic rings. The SMILES string of the molecule is CCCC(=O)N(C=O)OC(=O)C1C(=NC)NN2C=CC=NC12. The Morgan fingerprint density at radius 3 is 3.00 bits per heavy atom. The van der Waals surface area contributed by atoms with Crippen LogP contribution in [0.5, 0.6) is 0 Å². The Balaban J connectivity index is 2.13. The zero-order valence-electron chi connectivity index (χ0n) is 12.3. The molecule has 2 unspecified atom stereocenters. The van der Waals surface area contributed by atoms with Crippen molar-refractivity contribution in [1.29, 1.82) is 0 Å². The molecule has 1 saturated heterocycles. The maximum atomic E-state index is 12.3. The highest BCUT2D eigenvalue weighted by atomic mass is 16.7. The van der Waals surface area contributed by atoms with Crippen molar-refractivity contribution < 1.29 is 19.2 Å². The Bertz CT molecular complexity index is 557. The summed E-state index contributed by atoms with van der Waals surface area (Å²) in [5.74, 6) is -1.84. The third-order valence-electron chi connectivity index (χ3n) is 3.18. The van der Waals surface area contributed by atoms with Gasteiger partial charge in [-0.2, -0.15) is 0 Å². The monoisotopic (exact) mass is 307 g/mol. The Morgan fingerprint density at radius 2 is 2.36 bits per heavy atom. The lowest BCUT2D eigenvalue weighted by Gasteiger charge is -2.22. The fraction of sp³-hybridized carbons (Fsp3) is 0.462. The number of carbonyl (C=O) groups excluding carboxylic acids is 3. The molecule has 2 atom stereocenters. The van der Waals surface area contributed by atoms with Crippen LogP contribution in [0.4, 0.5) is 0 Å². The van der Waals surface area contributed by atoms with E-state index in [-0.39, 0.29) is 12.8 Å². The Kier molecular flexibility index (Phi) is 4.87. The van der Waals surface area contributed by atoms with Gasteiger partial charge < -0.3 is 4.84 Å². The zero-order chi connectivity index (χ0) is 16.1. The summed E-state index contributed by atoms with van der Waals surface area (Å²) in [4.78, 5) is 48.0. The number of aliphatic imine (C=N–C) groups is 2. The first-order chi connectivity index (χ1) is 10.6. The lowest BCUT2D eigenvalue weighted by atomic mass is 10.1. The number of amidine groups is 1. The number of allylic oxidation sites excluding steroid dienone is 1. The molecule has 0 radical (unpaired) electrons. The summed E-state index contributed by atoms with van der Waals surface area (Å²) in [5.41, 5.74) is 2.91. The number of imide groups is 1. The van der Waals surface area contributed by atoms with Gasteiger partial charge in [0.1, 0.15) is 5.84 Å². The maximum Gasteiger partial charge on any atom is 0.347 e. The fourth-order valence-corrected chi connectivity index (χ4v) is 2.15. The number of nitrogens with one attached hydrogen (secondary N) is 1. The largest absolute Gasteiger partial charge is 0.347 e. The Morgan fingerprint density at radius 1 is 1.59 bits per heavy atom. The highest BCUT2D eigenvalue weighted by molar-refractivity contribution is 6.04. The second-order valence-corrected chi connectivity index (χ2v) is 4.64. The molecule has 0 aromatic heterocycles. The molecule has 0 saturated carbocycles. The van der Waals surface area contributed by atoms with E-state index in [4.69, 9.17) is 4.84 Å². The van der Waals surface area contributed by atoms with Gasteiger partial charge in [0, 0.05) is 25.9 Å². The minimum atomic E-state index is -0.844. The fourth-order valence-electron chi connectivity index (χ4n) is 2.15. The number of nitrogens with zero attached hydrogens (tertiary/aromatic N) is 4. The third kappa shape index (κ3) is 2.97. The van der Waals surface area contributed by atoms with Gasteiger partial charge >= 0.3 is 5.97 Å². The van der Waals surface area contributed by atoms with Crippen LogP contribution in [0.1, 0.15) is 19.8 Å². The van der Waals surface area contributed by atoms with Crippen molar-refractivity contribution in [3.8, 4) is 0 Å². The van der Waals surface area contributed by atoms with E-state index in [1.807, 2.05) is 0 Å². The van der Waals surface area contributed by atoms with Gasteiger partial charge in [-0.15, -0.1) is 5.06 Å². The standard InChI is InChI=1S/C13H17N5O4/c1-3-5-9(20)18(8-19)22-13(21)10-11(14-2)16-17-7-4-6-15-12(10)17/h4,6-8,10,12H,3,5H2,1-2H3,(H,14,16). The number of fused-ring (bicyclic) bond motifs is 1. The molecular weight excluding hydrogens is 290 g/mol. The normalized spacial score (nSPS) is 23.9. The number of rotatable bonds is 4. The maximum absolute atomic E-state index is 12.3. The van der Waals surface area contributed by atoms with Crippen LogP contribution in [0, 0.1) is 5.92 Å². The molecule has 2 aliphatic heterocycles.